The molecule has 0 aromatic rings. The van der Waals surface area contributed by atoms with Gasteiger partial charge in [0.1, 0.15) is 12.1 Å². The van der Waals surface area contributed by atoms with Gasteiger partial charge in [-0.05, 0) is 75.0 Å². The van der Waals surface area contributed by atoms with Crippen LogP contribution in [0.25, 0.3) is 0 Å². The summed E-state index contributed by atoms with van der Waals surface area (Å²) in [6.07, 6.45) is 1.21. The van der Waals surface area contributed by atoms with E-state index in [4.69, 9.17) is 10.5 Å². The van der Waals surface area contributed by atoms with Crippen LogP contribution < -0.4 is 0 Å². The highest BCUT2D eigenvalue weighted by atomic mass is 32.3. The first-order valence-corrected chi connectivity index (χ1v) is 22.1. The van der Waals surface area contributed by atoms with Crippen molar-refractivity contribution in [2.24, 2.45) is 22.7 Å². The number of halogens is 6. The Labute approximate surface area is 297 Å². The molecule has 2 saturated carbocycles. The summed E-state index contributed by atoms with van der Waals surface area (Å²) in [6.45, 7) is 13.2. The quantitative estimate of drug-likeness (QED) is 0.139. The normalized spacial score (nSPS) is 27.6. The van der Waals surface area contributed by atoms with Gasteiger partial charge in [-0.2, -0.15) is 36.9 Å². The number of allylic oxidation sites excluding steroid dienone is 2. The summed E-state index contributed by atoms with van der Waals surface area (Å²) in [5, 5.41) is 3.31. The molecular formula is C31H44F6N2O8S4. The average Bonchev–Trinajstić information content (AvgIpc) is 2.97. The smallest absolute Gasteiger partial charge is 0.226 e. The predicted molar refractivity (Wildman–Crippen MR) is 178 cm³/mol. The van der Waals surface area contributed by atoms with E-state index in [2.05, 4.69) is 13.2 Å². The summed E-state index contributed by atoms with van der Waals surface area (Å²) in [5.41, 5.74) is -2.30. The fourth-order valence-electron chi connectivity index (χ4n) is 7.50. The molecule has 0 spiro atoms. The second-order valence-electron chi connectivity index (χ2n) is 15.1. The van der Waals surface area contributed by atoms with Crippen LogP contribution in [0, 0.1) is 45.3 Å². The van der Waals surface area contributed by atoms with E-state index < -0.39 is 86.3 Å². The number of hydrogen-bond acceptors (Lipinski definition) is 10. The van der Waals surface area contributed by atoms with Crippen molar-refractivity contribution in [2.45, 2.75) is 117 Å². The first kappa shape index (κ1) is 45.0. The molecule has 20 heteroatoms. The van der Waals surface area contributed by atoms with Gasteiger partial charge in [0.05, 0.1) is 11.5 Å². The van der Waals surface area contributed by atoms with E-state index in [0.717, 1.165) is 0 Å². The van der Waals surface area contributed by atoms with Crippen LogP contribution in [0.2, 0.25) is 0 Å². The Hall–Kier alpha value is -2.16. The first-order valence-electron chi connectivity index (χ1n) is 15.8. The van der Waals surface area contributed by atoms with Crippen molar-refractivity contribution >= 4 is 39.3 Å². The van der Waals surface area contributed by atoms with Gasteiger partial charge >= 0.3 is 16.4 Å². The Balaban J connectivity index is 3.03. The van der Waals surface area contributed by atoms with E-state index in [-0.39, 0.29) is 51.4 Å². The number of nitriles is 2. The average molecular weight is 815 g/mol. The van der Waals surface area contributed by atoms with Gasteiger partial charge in [0.15, 0.2) is 19.7 Å². The monoisotopic (exact) mass is 814 g/mol. The highest BCUT2D eigenvalue weighted by molar-refractivity contribution is 8.26. The fourth-order valence-corrected chi connectivity index (χ4v) is 18.1. The van der Waals surface area contributed by atoms with E-state index in [1.165, 1.54) is 13.8 Å². The third-order valence-electron chi connectivity index (χ3n) is 10.3. The molecule has 2 fully saturated rings. The van der Waals surface area contributed by atoms with Crippen molar-refractivity contribution in [3.8, 4) is 12.1 Å². The second-order valence-corrected chi connectivity index (χ2v) is 25.2. The van der Waals surface area contributed by atoms with E-state index in [0.29, 0.717) is 49.0 Å². The Kier molecular flexibility index (Phi) is 12.0. The number of hydrogen-bond donors (Lipinski definition) is 0. The highest BCUT2D eigenvalue weighted by Gasteiger charge is 2.87. The SMILES string of the molecule is C=C1CC(CC)CC(C)(CS(=O)(=O)C(C)(S(=O)(=O)CC2(C)CC(=C)CC(CC)C2)S(=O)(=O)C(F)(F)C(F)(F)C(F)(F)S(=O)(=O)C(C)(C#N)C#N)C1. The lowest BCUT2D eigenvalue weighted by Gasteiger charge is -2.44. The number of sulfone groups is 4. The van der Waals surface area contributed by atoms with Gasteiger partial charge in [0.25, 0.3) is 23.1 Å². The summed E-state index contributed by atoms with van der Waals surface area (Å²) in [7, 11) is -27.7. The maximum Gasteiger partial charge on any atom is 0.417 e. The minimum Gasteiger partial charge on any atom is -0.226 e. The number of nitrogens with zero attached hydrogens (tertiary/aromatic N) is 2. The van der Waals surface area contributed by atoms with Crippen LogP contribution in [-0.4, -0.2) is 69.8 Å². The summed E-state index contributed by atoms with van der Waals surface area (Å²) >= 11 is 0. The zero-order valence-electron chi connectivity index (χ0n) is 29.2. The highest BCUT2D eigenvalue weighted by Crippen LogP contribution is 2.58. The van der Waals surface area contributed by atoms with Crippen LogP contribution in [0.5, 0.6) is 0 Å². The van der Waals surface area contributed by atoms with E-state index in [1.807, 2.05) is 0 Å². The van der Waals surface area contributed by atoms with Gasteiger partial charge in [0, 0.05) is 0 Å². The fraction of sp³-hybridized carbons (Fsp3) is 0.806. The minimum absolute atomic E-state index is 0.0303. The first-order chi connectivity index (χ1) is 22.6. The van der Waals surface area contributed by atoms with Gasteiger partial charge in [-0.25, -0.2) is 33.7 Å². The third kappa shape index (κ3) is 7.00. The zero-order chi connectivity index (χ0) is 40.3. The van der Waals surface area contributed by atoms with Gasteiger partial charge in [-0.3, -0.25) is 0 Å². The molecule has 0 saturated heterocycles. The molecule has 0 aliphatic heterocycles. The van der Waals surface area contributed by atoms with Crippen molar-refractivity contribution in [3.63, 3.8) is 0 Å². The van der Waals surface area contributed by atoms with Crippen LogP contribution in [0.1, 0.15) is 92.9 Å². The molecule has 0 aromatic carbocycles. The molecule has 2 rings (SSSR count). The molecule has 4 atom stereocenters. The molecule has 0 N–H and O–H groups in total. The van der Waals surface area contributed by atoms with Crippen LogP contribution >= 0.6 is 0 Å². The topological polar surface area (TPSA) is 184 Å². The Morgan fingerprint density at radius 2 is 1.00 bits per heavy atom. The molecule has 292 valence electrons. The molecule has 0 heterocycles. The predicted octanol–water partition coefficient (Wildman–Crippen LogP) is 6.49. The van der Waals surface area contributed by atoms with Gasteiger partial charge in [0.2, 0.25) is 4.75 Å². The molecule has 0 aromatic heterocycles. The van der Waals surface area contributed by atoms with E-state index >= 15 is 26.3 Å². The standard InChI is InChI=1S/C31H44F6N2O8S4/c1-9-23-11-21(3)13-25(5,15-23)19-48(40,41)28(8,49(42,43)20-26(6)14-22(4)12-24(10-2)16-26)51(46,47)31(36,37)29(32,33)30(34,35)50(44,45)27(7,17-38)18-39/h23-24H,3-4,9-16,19-20H2,1-2,5-8H3. The van der Waals surface area contributed by atoms with Gasteiger partial charge in [-0.1, -0.05) is 64.8 Å². The lowest BCUT2D eigenvalue weighted by molar-refractivity contribution is -0.244. The van der Waals surface area contributed by atoms with Crippen LogP contribution in [-0.2, 0) is 39.3 Å². The molecule has 10 nitrogen and oxygen atoms in total. The van der Waals surface area contributed by atoms with E-state index in [9.17, 15) is 33.7 Å². The molecule has 0 bridgehead atoms. The molecule has 51 heavy (non-hydrogen) atoms. The van der Waals surface area contributed by atoms with Crippen LogP contribution in [0.4, 0.5) is 26.3 Å². The maximum absolute atomic E-state index is 16.1. The van der Waals surface area contributed by atoms with Gasteiger partial charge < -0.3 is 0 Å². The largest absolute Gasteiger partial charge is 0.417 e. The summed E-state index contributed by atoms with van der Waals surface area (Å²) in [6, 6.07) is 0.952. The summed E-state index contributed by atoms with van der Waals surface area (Å²) in [5.74, 6) is -11.2. The molecular weight excluding hydrogens is 771 g/mol. The van der Waals surface area contributed by atoms with Crippen molar-refractivity contribution in [1.29, 1.82) is 10.5 Å². The zero-order valence-corrected chi connectivity index (χ0v) is 32.5. The van der Waals surface area contributed by atoms with Crippen LogP contribution in [0.15, 0.2) is 24.3 Å². The molecule has 2 aliphatic carbocycles. The molecule has 4 unspecified atom stereocenters. The summed E-state index contributed by atoms with van der Waals surface area (Å²) in [4.78, 5) is 0. The van der Waals surface area contributed by atoms with Gasteiger partial charge in [-0.15, -0.1) is 0 Å². The number of alkyl halides is 6. The molecule has 0 radical (unpaired) electrons. The minimum atomic E-state index is -8.01. The Bertz CT molecular complexity index is 1880. The Morgan fingerprint density at radius 1 is 0.686 bits per heavy atom. The molecule has 0 amide bonds. The van der Waals surface area contributed by atoms with Crippen molar-refractivity contribution < 1.29 is 60.0 Å². The lowest BCUT2D eigenvalue weighted by atomic mass is 9.69. The second kappa shape index (κ2) is 13.6. The Morgan fingerprint density at radius 3 is 1.29 bits per heavy atom. The maximum atomic E-state index is 16.1. The van der Waals surface area contributed by atoms with E-state index in [1.54, 1.807) is 13.8 Å². The lowest BCUT2D eigenvalue weighted by Crippen LogP contribution is -2.68. The molecule has 2 aliphatic rings. The number of rotatable bonds is 14. The third-order valence-corrected chi connectivity index (χ3v) is 23.2. The van der Waals surface area contributed by atoms with Crippen molar-refractivity contribution in [2.75, 3.05) is 11.5 Å². The van der Waals surface area contributed by atoms with Crippen LogP contribution in [0.3, 0.4) is 0 Å². The van der Waals surface area contributed by atoms with Crippen molar-refractivity contribution in [3.05, 3.63) is 24.3 Å². The van der Waals surface area contributed by atoms with Crippen molar-refractivity contribution in [1.82, 2.24) is 0 Å². The summed E-state index contributed by atoms with van der Waals surface area (Å²) < 4.78 is 195.